The van der Waals surface area contributed by atoms with Gasteiger partial charge in [0.15, 0.2) is 9.84 Å². The zero-order valence-corrected chi connectivity index (χ0v) is 14.7. The van der Waals surface area contributed by atoms with Gasteiger partial charge in [-0.25, -0.2) is 16.8 Å². The predicted molar refractivity (Wildman–Crippen MR) is 84.7 cm³/mol. The zero-order valence-electron chi connectivity index (χ0n) is 12.2. The minimum atomic E-state index is -3.45. The molecule has 1 aliphatic heterocycles. The highest BCUT2D eigenvalue weighted by molar-refractivity contribution is 7.92. The molecule has 0 spiro atoms. The molecule has 0 aromatic carbocycles. The summed E-state index contributed by atoms with van der Waals surface area (Å²) in [5.74, 6) is 0.276. The third-order valence-corrected chi connectivity index (χ3v) is 9.45. The van der Waals surface area contributed by atoms with Crippen LogP contribution < -0.4 is 0 Å². The molecule has 1 saturated heterocycles. The molecular weight excluding hydrogens is 330 g/mol. The summed E-state index contributed by atoms with van der Waals surface area (Å²) in [5.41, 5.74) is 0. The first-order valence-corrected chi connectivity index (χ1v) is 11.0. The third kappa shape index (κ3) is 3.85. The van der Waals surface area contributed by atoms with Gasteiger partial charge < -0.3 is 0 Å². The van der Waals surface area contributed by atoms with Crippen molar-refractivity contribution in [3.63, 3.8) is 0 Å². The number of hydrogen-bond acceptors (Lipinski definition) is 5. The monoisotopic (exact) mass is 351 g/mol. The van der Waals surface area contributed by atoms with Crippen molar-refractivity contribution in [1.29, 1.82) is 0 Å². The number of hydrogen-bond donors (Lipinski definition) is 0. The molecule has 2 heterocycles. The lowest BCUT2D eigenvalue weighted by Gasteiger charge is -2.30. The fourth-order valence-corrected chi connectivity index (χ4v) is 7.31. The molecule has 21 heavy (non-hydrogen) atoms. The first-order valence-electron chi connectivity index (χ1n) is 6.98. The molecule has 0 bridgehead atoms. The molecule has 0 N–H and O–H groups in total. The highest BCUT2D eigenvalue weighted by Gasteiger charge is 2.35. The molecule has 5 nitrogen and oxygen atoms in total. The van der Waals surface area contributed by atoms with Crippen LogP contribution in [-0.4, -0.2) is 45.2 Å². The number of thiophene rings is 1. The summed E-state index contributed by atoms with van der Waals surface area (Å²) in [6, 6.07) is 3.29. The fourth-order valence-electron chi connectivity index (χ4n) is 2.57. The van der Waals surface area contributed by atoms with Gasteiger partial charge in [-0.15, -0.1) is 11.3 Å². The molecule has 1 aliphatic rings. The van der Waals surface area contributed by atoms with Crippen molar-refractivity contribution in [2.45, 2.75) is 36.1 Å². The molecule has 0 radical (unpaired) electrons. The maximum Gasteiger partial charge on any atom is 0.252 e. The smallest absolute Gasteiger partial charge is 0.229 e. The van der Waals surface area contributed by atoms with Gasteiger partial charge in [0.05, 0.1) is 11.0 Å². The lowest BCUT2D eigenvalue weighted by Crippen LogP contribution is -2.43. The number of nitrogens with zero attached hydrogens (tertiary/aromatic N) is 1. The maximum atomic E-state index is 12.4. The molecule has 1 aromatic rings. The lowest BCUT2D eigenvalue weighted by molar-refractivity contribution is 0.346. The molecule has 0 unspecified atom stereocenters. The standard InChI is InChI=1S/C13H21NO4S3/c1-11(2)10-20(15,16)12-5-7-14(8-6-12)21(17,18)13-4-3-9-19-13/h3-4,9,11-12H,5-8,10H2,1-2H3. The van der Waals surface area contributed by atoms with E-state index in [4.69, 9.17) is 0 Å². The topological polar surface area (TPSA) is 71.5 Å². The fraction of sp³-hybridized carbons (Fsp3) is 0.692. The van der Waals surface area contributed by atoms with Crippen molar-refractivity contribution in [1.82, 2.24) is 4.31 Å². The number of rotatable bonds is 5. The summed E-state index contributed by atoms with van der Waals surface area (Å²) in [6.45, 7) is 4.33. The van der Waals surface area contributed by atoms with E-state index >= 15 is 0 Å². The van der Waals surface area contributed by atoms with Crippen LogP contribution in [0.4, 0.5) is 0 Å². The van der Waals surface area contributed by atoms with Crippen LogP contribution in [0.2, 0.25) is 0 Å². The van der Waals surface area contributed by atoms with E-state index in [0.717, 1.165) is 0 Å². The second kappa shape index (κ2) is 6.36. The number of piperidine rings is 1. The minimum Gasteiger partial charge on any atom is -0.229 e. The minimum absolute atomic E-state index is 0.0999. The van der Waals surface area contributed by atoms with Crippen LogP contribution >= 0.6 is 11.3 Å². The Kier molecular flexibility index (Phi) is 5.12. The van der Waals surface area contributed by atoms with Gasteiger partial charge in [0.2, 0.25) is 0 Å². The highest BCUT2D eigenvalue weighted by Crippen LogP contribution is 2.27. The molecule has 0 atom stereocenters. The van der Waals surface area contributed by atoms with E-state index in [1.165, 1.54) is 15.6 Å². The van der Waals surface area contributed by atoms with Crippen LogP contribution in [0.3, 0.4) is 0 Å². The summed E-state index contributed by atoms with van der Waals surface area (Å²) in [6.07, 6.45) is 0.777. The van der Waals surface area contributed by atoms with Gasteiger partial charge in [0.25, 0.3) is 10.0 Å². The van der Waals surface area contributed by atoms with Crippen LogP contribution in [0.15, 0.2) is 21.7 Å². The van der Waals surface area contributed by atoms with Crippen molar-refractivity contribution in [2.24, 2.45) is 5.92 Å². The van der Waals surface area contributed by atoms with E-state index in [9.17, 15) is 16.8 Å². The Morgan fingerprint density at radius 2 is 1.86 bits per heavy atom. The second-order valence-corrected chi connectivity index (χ2v) is 11.2. The molecule has 0 aliphatic carbocycles. The SMILES string of the molecule is CC(C)CS(=O)(=O)C1CCN(S(=O)(=O)c2cccs2)CC1. The van der Waals surface area contributed by atoms with Crippen LogP contribution in [0.5, 0.6) is 0 Å². The average molecular weight is 352 g/mol. The van der Waals surface area contributed by atoms with Crippen molar-refractivity contribution in [3.8, 4) is 0 Å². The van der Waals surface area contributed by atoms with Crippen LogP contribution in [0.1, 0.15) is 26.7 Å². The Morgan fingerprint density at radius 1 is 1.24 bits per heavy atom. The summed E-state index contributed by atoms with van der Waals surface area (Å²) < 4.78 is 50.9. The largest absolute Gasteiger partial charge is 0.252 e. The Bertz CT molecular complexity index is 654. The Hall–Kier alpha value is -0.440. The van der Waals surface area contributed by atoms with E-state index in [2.05, 4.69) is 0 Å². The summed E-state index contributed by atoms with van der Waals surface area (Å²) in [7, 11) is -6.58. The molecular formula is C13H21NO4S3. The Balaban J connectivity index is 2.04. The summed E-state index contributed by atoms with van der Waals surface area (Å²) in [5, 5.41) is 1.32. The van der Waals surface area contributed by atoms with E-state index < -0.39 is 25.1 Å². The quantitative estimate of drug-likeness (QED) is 0.813. The van der Waals surface area contributed by atoms with Gasteiger partial charge in [0, 0.05) is 13.1 Å². The van der Waals surface area contributed by atoms with Gasteiger partial charge in [-0.3, -0.25) is 0 Å². The van der Waals surface area contributed by atoms with E-state index in [-0.39, 0.29) is 24.8 Å². The van der Waals surface area contributed by atoms with Crippen molar-refractivity contribution < 1.29 is 16.8 Å². The lowest BCUT2D eigenvalue weighted by atomic mass is 10.2. The molecule has 8 heteroatoms. The molecule has 1 fully saturated rings. The molecule has 1 aromatic heterocycles. The molecule has 0 saturated carbocycles. The van der Waals surface area contributed by atoms with Gasteiger partial charge >= 0.3 is 0 Å². The number of sulfonamides is 1. The van der Waals surface area contributed by atoms with Crippen LogP contribution in [-0.2, 0) is 19.9 Å². The first kappa shape index (κ1) is 16.9. The van der Waals surface area contributed by atoms with Crippen molar-refractivity contribution in [2.75, 3.05) is 18.8 Å². The van der Waals surface area contributed by atoms with Crippen molar-refractivity contribution in [3.05, 3.63) is 17.5 Å². The Morgan fingerprint density at radius 3 is 2.33 bits per heavy atom. The normalized spacial score (nSPS) is 19.2. The van der Waals surface area contributed by atoms with E-state index in [0.29, 0.717) is 17.1 Å². The van der Waals surface area contributed by atoms with Crippen molar-refractivity contribution >= 4 is 31.2 Å². The van der Waals surface area contributed by atoms with E-state index in [1.54, 1.807) is 17.5 Å². The second-order valence-electron chi connectivity index (χ2n) is 5.76. The van der Waals surface area contributed by atoms with Gasteiger partial charge in [-0.2, -0.15) is 4.31 Å². The highest BCUT2D eigenvalue weighted by atomic mass is 32.2. The maximum absolute atomic E-state index is 12.4. The predicted octanol–water partition coefficient (Wildman–Crippen LogP) is 1.97. The van der Waals surface area contributed by atoms with Crippen LogP contribution in [0.25, 0.3) is 0 Å². The molecule has 2 rings (SSSR count). The zero-order chi connectivity index (χ0) is 15.7. The van der Waals surface area contributed by atoms with E-state index in [1.807, 2.05) is 13.8 Å². The molecule has 0 amide bonds. The summed E-state index contributed by atoms with van der Waals surface area (Å²) >= 11 is 1.19. The molecule has 120 valence electrons. The van der Waals surface area contributed by atoms with Gasteiger partial charge in [0.1, 0.15) is 4.21 Å². The van der Waals surface area contributed by atoms with Crippen LogP contribution in [0, 0.1) is 5.92 Å². The van der Waals surface area contributed by atoms with Gasteiger partial charge in [-0.1, -0.05) is 19.9 Å². The first-order chi connectivity index (χ1) is 9.73. The third-order valence-electron chi connectivity index (χ3n) is 3.56. The Labute approximate surface area is 130 Å². The summed E-state index contributed by atoms with van der Waals surface area (Å²) in [4.78, 5) is 0. The number of sulfone groups is 1. The van der Waals surface area contributed by atoms with Gasteiger partial charge in [-0.05, 0) is 30.2 Å². The average Bonchev–Trinajstić information content (AvgIpc) is 2.92.